The summed E-state index contributed by atoms with van der Waals surface area (Å²) in [4.78, 5) is 11.3. The van der Waals surface area contributed by atoms with Crippen LogP contribution >= 0.6 is 0 Å². The molecule has 0 heterocycles. The lowest BCUT2D eigenvalue weighted by Crippen LogP contribution is -2.02. The van der Waals surface area contributed by atoms with Crippen molar-refractivity contribution in [2.45, 2.75) is 0 Å². The van der Waals surface area contributed by atoms with Crippen LogP contribution < -0.4 is 10.1 Å². The van der Waals surface area contributed by atoms with Gasteiger partial charge in [0, 0.05) is 18.8 Å². The van der Waals surface area contributed by atoms with Crippen molar-refractivity contribution in [3.05, 3.63) is 61.2 Å². The summed E-state index contributed by atoms with van der Waals surface area (Å²) in [6.45, 7) is 3.40. The van der Waals surface area contributed by atoms with E-state index in [1.54, 1.807) is 6.07 Å². The molecule has 0 unspecified atom stereocenters. The molecule has 0 aliphatic heterocycles. The van der Waals surface area contributed by atoms with Crippen LogP contribution in [0.2, 0.25) is 0 Å². The maximum Gasteiger partial charge on any atom is 0.335 e. The van der Waals surface area contributed by atoms with Crippen LogP contribution in [0.5, 0.6) is 5.75 Å². The first-order chi connectivity index (χ1) is 10.2. The highest BCUT2D eigenvalue weighted by atomic mass is 16.5. The lowest BCUT2D eigenvalue weighted by Gasteiger charge is -2.08. The standard InChI is InChI=1S/C18H15NO2/c1-3-18(20)21-15-7-9-17-13(11-15)5-4-12-10-14(19-2)6-8-16(12)17/h3-11,19H,1H2,2H3. The van der Waals surface area contributed by atoms with Gasteiger partial charge in [-0.05, 0) is 45.8 Å². The number of benzene rings is 3. The van der Waals surface area contributed by atoms with Gasteiger partial charge in [-0.15, -0.1) is 0 Å². The molecule has 0 radical (unpaired) electrons. The van der Waals surface area contributed by atoms with Crippen LogP contribution in [0.4, 0.5) is 5.69 Å². The number of carbonyl (C=O) groups excluding carboxylic acids is 1. The molecular weight excluding hydrogens is 262 g/mol. The summed E-state index contributed by atoms with van der Waals surface area (Å²) in [6, 6.07) is 16.0. The molecule has 3 aromatic rings. The van der Waals surface area contributed by atoms with E-state index in [9.17, 15) is 4.79 Å². The van der Waals surface area contributed by atoms with Gasteiger partial charge in [-0.3, -0.25) is 0 Å². The highest BCUT2D eigenvalue weighted by Crippen LogP contribution is 2.30. The third kappa shape index (κ3) is 2.46. The van der Waals surface area contributed by atoms with Crippen molar-refractivity contribution in [3.8, 4) is 5.75 Å². The van der Waals surface area contributed by atoms with Crippen molar-refractivity contribution in [1.82, 2.24) is 0 Å². The van der Waals surface area contributed by atoms with E-state index in [-0.39, 0.29) is 0 Å². The van der Waals surface area contributed by atoms with Gasteiger partial charge in [0.05, 0.1) is 0 Å². The molecule has 3 nitrogen and oxygen atoms in total. The fourth-order valence-corrected chi connectivity index (χ4v) is 2.43. The monoisotopic (exact) mass is 277 g/mol. The molecule has 0 aliphatic carbocycles. The van der Waals surface area contributed by atoms with Gasteiger partial charge >= 0.3 is 5.97 Å². The lowest BCUT2D eigenvalue weighted by molar-refractivity contribution is -0.128. The summed E-state index contributed by atoms with van der Waals surface area (Å²) in [5.74, 6) is 0.0763. The first-order valence-electron chi connectivity index (χ1n) is 6.70. The summed E-state index contributed by atoms with van der Waals surface area (Å²) in [5, 5.41) is 7.65. The first kappa shape index (κ1) is 13.2. The normalized spacial score (nSPS) is 10.5. The summed E-state index contributed by atoms with van der Waals surface area (Å²) < 4.78 is 5.15. The quantitative estimate of drug-likeness (QED) is 0.338. The number of nitrogens with one attached hydrogen (secondary N) is 1. The number of carbonyl (C=O) groups is 1. The first-order valence-corrected chi connectivity index (χ1v) is 6.70. The largest absolute Gasteiger partial charge is 0.423 e. The zero-order valence-corrected chi connectivity index (χ0v) is 11.7. The predicted octanol–water partition coefficient (Wildman–Crippen LogP) is 4.13. The van der Waals surface area contributed by atoms with Crippen LogP contribution in [0, 0.1) is 0 Å². The van der Waals surface area contributed by atoms with Crippen molar-refractivity contribution >= 4 is 33.2 Å². The number of hydrogen-bond acceptors (Lipinski definition) is 3. The molecule has 21 heavy (non-hydrogen) atoms. The average molecular weight is 277 g/mol. The van der Waals surface area contributed by atoms with E-state index in [0.717, 1.165) is 22.5 Å². The van der Waals surface area contributed by atoms with Crippen LogP contribution in [-0.2, 0) is 4.79 Å². The molecule has 104 valence electrons. The molecule has 0 atom stereocenters. The Morgan fingerprint density at radius 2 is 1.71 bits per heavy atom. The van der Waals surface area contributed by atoms with Gasteiger partial charge in [0.2, 0.25) is 0 Å². The van der Waals surface area contributed by atoms with Crippen LogP contribution in [-0.4, -0.2) is 13.0 Å². The van der Waals surface area contributed by atoms with Gasteiger partial charge in [0.25, 0.3) is 0 Å². The van der Waals surface area contributed by atoms with Crippen molar-refractivity contribution in [1.29, 1.82) is 0 Å². The van der Waals surface area contributed by atoms with E-state index in [4.69, 9.17) is 4.74 Å². The second-order valence-electron chi connectivity index (χ2n) is 4.76. The maximum atomic E-state index is 11.3. The van der Waals surface area contributed by atoms with Gasteiger partial charge in [-0.1, -0.05) is 30.8 Å². The number of anilines is 1. The van der Waals surface area contributed by atoms with E-state index >= 15 is 0 Å². The Morgan fingerprint density at radius 1 is 1.05 bits per heavy atom. The Labute approximate surface area is 122 Å². The average Bonchev–Trinajstić information content (AvgIpc) is 2.53. The Kier molecular flexibility index (Phi) is 3.32. The fourth-order valence-electron chi connectivity index (χ4n) is 2.43. The minimum Gasteiger partial charge on any atom is -0.423 e. The Morgan fingerprint density at radius 3 is 2.38 bits per heavy atom. The summed E-state index contributed by atoms with van der Waals surface area (Å²) in [6.07, 6.45) is 1.16. The smallest absolute Gasteiger partial charge is 0.335 e. The van der Waals surface area contributed by atoms with Gasteiger partial charge in [0.15, 0.2) is 0 Å². The van der Waals surface area contributed by atoms with Crippen LogP contribution in [0.25, 0.3) is 21.5 Å². The van der Waals surface area contributed by atoms with Crippen molar-refractivity contribution in [2.75, 3.05) is 12.4 Å². The van der Waals surface area contributed by atoms with E-state index in [2.05, 4.69) is 30.1 Å². The van der Waals surface area contributed by atoms with E-state index < -0.39 is 5.97 Å². The molecule has 3 aromatic carbocycles. The molecular formula is C18H15NO2. The SMILES string of the molecule is C=CC(=O)Oc1ccc2c(ccc3cc(NC)ccc32)c1. The summed E-state index contributed by atoms with van der Waals surface area (Å²) in [7, 11) is 1.91. The molecule has 0 saturated heterocycles. The number of rotatable bonds is 3. The van der Waals surface area contributed by atoms with Crippen LogP contribution in [0.3, 0.4) is 0 Å². The molecule has 0 fully saturated rings. The number of ether oxygens (including phenoxy) is 1. The van der Waals surface area contributed by atoms with Gasteiger partial charge < -0.3 is 10.1 Å². The minimum atomic E-state index is -0.450. The molecule has 0 bridgehead atoms. The highest BCUT2D eigenvalue weighted by Gasteiger charge is 2.05. The molecule has 0 spiro atoms. The van der Waals surface area contributed by atoms with Crippen LogP contribution in [0.1, 0.15) is 0 Å². The van der Waals surface area contributed by atoms with Crippen molar-refractivity contribution < 1.29 is 9.53 Å². The number of esters is 1. The topological polar surface area (TPSA) is 38.3 Å². The zero-order chi connectivity index (χ0) is 14.8. The van der Waals surface area contributed by atoms with Gasteiger partial charge in [-0.25, -0.2) is 4.79 Å². The molecule has 1 N–H and O–H groups in total. The second-order valence-corrected chi connectivity index (χ2v) is 4.76. The number of fused-ring (bicyclic) bond motifs is 3. The Balaban J connectivity index is 2.13. The second kappa shape index (κ2) is 5.29. The highest BCUT2D eigenvalue weighted by molar-refractivity contribution is 6.08. The van der Waals surface area contributed by atoms with Crippen molar-refractivity contribution in [2.24, 2.45) is 0 Å². The van der Waals surface area contributed by atoms with Gasteiger partial charge in [0.1, 0.15) is 5.75 Å². The molecule has 0 amide bonds. The van der Waals surface area contributed by atoms with E-state index in [1.807, 2.05) is 31.3 Å². The Hall–Kier alpha value is -2.81. The molecule has 0 saturated carbocycles. The van der Waals surface area contributed by atoms with Crippen LogP contribution in [0.15, 0.2) is 61.2 Å². The lowest BCUT2D eigenvalue weighted by atomic mass is 10.0. The third-order valence-corrected chi connectivity index (χ3v) is 3.48. The number of hydrogen-bond donors (Lipinski definition) is 1. The fraction of sp³-hybridized carbons (Fsp3) is 0.0556. The van der Waals surface area contributed by atoms with Gasteiger partial charge in [-0.2, -0.15) is 0 Å². The van der Waals surface area contributed by atoms with E-state index in [0.29, 0.717) is 5.75 Å². The van der Waals surface area contributed by atoms with Crippen molar-refractivity contribution in [3.63, 3.8) is 0 Å². The molecule has 0 aliphatic rings. The Bertz CT molecular complexity index is 852. The summed E-state index contributed by atoms with van der Waals surface area (Å²) >= 11 is 0. The third-order valence-electron chi connectivity index (χ3n) is 3.48. The molecule has 3 rings (SSSR count). The predicted molar refractivity (Wildman–Crippen MR) is 86.8 cm³/mol. The molecule has 0 aromatic heterocycles. The van der Waals surface area contributed by atoms with E-state index in [1.165, 1.54) is 10.8 Å². The zero-order valence-electron chi connectivity index (χ0n) is 11.7. The minimum absolute atomic E-state index is 0.450. The maximum absolute atomic E-state index is 11.3. The summed E-state index contributed by atoms with van der Waals surface area (Å²) in [5.41, 5.74) is 1.08. The molecule has 3 heteroatoms.